The molecule has 1 unspecified atom stereocenters. The Kier molecular flexibility index (Phi) is 25.0. The van der Waals surface area contributed by atoms with Crippen molar-refractivity contribution in [1.82, 2.24) is 25.6 Å². The molecule has 0 aliphatic carbocycles. The summed E-state index contributed by atoms with van der Waals surface area (Å²) in [6, 6.07) is 26.3. The molecule has 7 rings (SSSR count). The zero-order valence-electron chi connectivity index (χ0n) is 45.5. The minimum absolute atomic E-state index is 0.0252. The van der Waals surface area contributed by atoms with Crippen LogP contribution in [0.15, 0.2) is 113 Å². The van der Waals surface area contributed by atoms with Gasteiger partial charge in [0, 0.05) is 54.3 Å². The fourth-order valence-electron chi connectivity index (χ4n) is 8.68. The standard InChI is InChI=1S/C58H71N6O15PS/c1-3-28-76-57-49(65)22-21-47-50(66)40-51(79-56(47)57)42-17-19-43(20-18-42)58(69)60-26-30-71-32-34-73-36-38-75-39-37-74-35-33-72-31-27-64-55-46-15-9-10-16-48(46)63(41-44-13-7-8-14-45(44)54(55)61-62-64)53(68)24-23-52(67)59-25-11-5-6-12-29-78-80(70,81)77-4-2/h3,7-10,13-22,40,65H,1,4-6,11-12,23-39,41H2,2H3,(H,59,67)(H,60,69)(H,70,81)/p-1. The van der Waals surface area contributed by atoms with Crippen molar-refractivity contribution in [3.8, 4) is 45.3 Å². The Morgan fingerprint density at radius 1 is 0.778 bits per heavy atom. The van der Waals surface area contributed by atoms with Crippen LogP contribution >= 0.6 is 6.72 Å². The molecule has 3 N–H and O–H groups in total. The Hall–Kier alpha value is -6.69. The summed E-state index contributed by atoms with van der Waals surface area (Å²) in [5.41, 5.74) is 5.51. The number of nitrogens with zero attached hydrogens (tertiary/aromatic N) is 4. The number of rotatable bonds is 36. The number of aromatic nitrogens is 3. The van der Waals surface area contributed by atoms with Gasteiger partial charge in [0.2, 0.25) is 17.6 Å². The molecule has 81 heavy (non-hydrogen) atoms. The lowest BCUT2D eigenvalue weighted by molar-refractivity contribution is -0.206. The highest BCUT2D eigenvalue weighted by Crippen LogP contribution is 2.42. The predicted octanol–water partition coefficient (Wildman–Crippen LogP) is 7.11. The molecule has 6 aromatic rings. The van der Waals surface area contributed by atoms with Crippen LogP contribution in [0.3, 0.4) is 0 Å². The van der Waals surface area contributed by atoms with Gasteiger partial charge in [-0.25, -0.2) is 4.68 Å². The van der Waals surface area contributed by atoms with Crippen molar-refractivity contribution in [1.29, 1.82) is 0 Å². The molecule has 1 aliphatic rings. The molecule has 1 atom stereocenters. The van der Waals surface area contributed by atoms with Gasteiger partial charge in [-0.2, -0.15) is 0 Å². The van der Waals surface area contributed by atoms with E-state index in [1.807, 2.05) is 48.5 Å². The number of unbranched alkanes of at least 4 members (excludes halogenated alkanes) is 3. The summed E-state index contributed by atoms with van der Waals surface area (Å²) in [4.78, 5) is 66.1. The van der Waals surface area contributed by atoms with Gasteiger partial charge in [0.15, 0.2) is 16.8 Å². The Morgan fingerprint density at radius 3 is 2.16 bits per heavy atom. The molecule has 0 radical (unpaired) electrons. The highest BCUT2D eigenvalue weighted by atomic mass is 32.5. The highest BCUT2D eigenvalue weighted by molar-refractivity contribution is 8.06. The number of hydrogen-bond acceptors (Lipinski definition) is 18. The van der Waals surface area contributed by atoms with Gasteiger partial charge < -0.3 is 67.4 Å². The lowest BCUT2D eigenvalue weighted by Crippen LogP contribution is -2.33. The Labute approximate surface area is 475 Å². The van der Waals surface area contributed by atoms with Crippen LogP contribution in [0.25, 0.3) is 44.8 Å². The van der Waals surface area contributed by atoms with Crippen molar-refractivity contribution in [3.63, 3.8) is 0 Å². The smallest absolute Gasteiger partial charge is 0.251 e. The number of ether oxygens (including phenoxy) is 6. The molecule has 21 nitrogen and oxygen atoms in total. The first kappa shape index (κ1) is 61.9. The van der Waals surface area contributed by atoms with Crippen LogP contribution in [0.5, 0.6) is 11.5 Å². The van der Waals surface area contributed by atoms with Crippen LogP contribution in [0, 0.1) is 0 Å². The summed E-state index contributed by atoms with van der Waals surface area (Å²) < 4.78 is 51.9. The molecule has 434 valence electrons. The number of benzene rings is 4. The molecule has 0 spiro atoms. The summed E-state index contributed by atoms with van der Waals surface area (Å²) >= 11 is 4.82. The number of phenolic OH excluding ortho intramolecular Hbond substituents is 1. The summed E-state index contributed by atoms with van der Waals surface area (Å²) in [6.07, 6.45) is 4.69. The lowest BCUT2D eigenvalue weighted by atomic mass is 9.95. The van der Waals surface area contributed by atoms with E-state index < -0.39 is 6.72 Å². The van der Waals surface area contributed by atoms with Gasteiger partial charge in [-0.05, 0) is 55.7 Å². The summed E-state index contributed by atoms with van der Waals surface area (Å²) in [5.74, 6) is -0.533. The van der Waals surface area contributed by atoms with Gasteiger partial charge in [-0.1, -0.05) is 97.1 Å². The van der Waals surface area contributed by atoms with Crippen LogP contribution in [0.1, 0.15) is 61.4 Å². The second-order valence-electron chi connectivity index (χ2n) is 18.4. The number of carbonyl (C=O) groups is 3. The quantitative estimate of drug-likeness (QED) is 0.0201. The van der Waals surface area contributed by atoms with Gasteiger partial charge in [0.1, 0.15) is 24.8 Å². The maximum Gasteiger partial charge on any atom is 0.251 e. The number of aromatic hydroxyl groups is 1. The van der Waals surface area contributed by atoms with Crippen molar-refractivity contribution in [2.24, 2.45) is 0 Å². The lowest BCUT2D eigenvalue weighted by Gasteiger charge is -2.28. The topological polar surface area (TPSA) is 257 Å². The van der Waals surface area contributed by atoms with E-state index in [9.17, 15) is 29.2 Å². The van der Waals surface area contributed by atoms with E-state index in [-0.39, 0.29) is 90.6 Å². The van der Waals surface area contributed by atoms with Gasteiger partial charge in [0.25, 0.3) is 5.91 Å². The second-order valence-corrected chi connectivity index (χ2v) is 21.1. The van der Waals surface area contributed by atoms with E-state index in [1.54, 1.807) is 40.8 Å². The molecular weight excluding hydrogens is 1080 g/mol. The molecule has 2 aromatic heterocycles. The van der Waals surface area contributed by atoms with E-state index >= 15 is 0 Å². The van der Waals surface area contributed by atoms with Crippen molar-refractivity contribution in [2.45, 2.75) is 58.5 Å². The molecule has 23 heteroatoms. The molecule has 3 amide bonds. The van der Waals surface area contributed by atoms with Crippen molar-refractivity contribution < 1.29 is 66.3 Å². The number of hydrogen-bond donors (Lipinski definition) is 3. The average molecular weight is 1150 g/mol. The van der Waals surface area contributed by atoms with E-state index in [0.29, 0.717) is 115 Å². The van der Waals surface area contributed by atoms with Gasteiger partial charge in [0.05, 0.1) is 109 Å². The van der Waals surface area contributed by atoms with Gasteiger partial charge >= 0.3 is 0 Å². The van der Waals surface area contributed by atoms with Crippen molar-refractivity contribution in [3.05, 3.63) is 125 Å². The molecule has 1 aliphatic heterocycles. The number of nitrogens with one attached hydrogen (secondary N) is 2. The number of anilines is 1. The van der Waals surface area contributed by atoms with Crippen LogP contribution in [0.2, 0.25) is 0 Å². The van der Waals surface area contributed by atoms with Gasteiger partial charge in [-0.3, -0.25) is 19.2 Å². The van der Waals surface area contributed by atoms with Crippen LogP contribution < -0.4 is 30.6 Å². The highest BCUT2D eigenvalue weighted by Gasteiger charge is 2.29. The van der Waals surface area contributed by atoms with Crippen LogP contribution in [0.4, 0.5) is 5.69 Å². The summed E-state index contributed by atoms with van der Waals surface area (Å²) in [6.45, 7) is 7.56. The van der Waals surface area contributed by atoms with E-state index in [1.165, 1.54) is 24.3 Å². The molecular formula is C58H70N6O15PS-. The molecule has 4 aromatic carbocycles. The van der Waals surface area contributed by atoms with Gasteiger partial charge in [-0.15, -0.1) is 5.10 Å². The number of para-hydroxylation sites is 1. The van der Waals surface area contributed by atoms with Crippen LogP contribution in [-0.4, -0.2) is 137 Å². The number of carbonyl (C=O) groups excluding carboxylic acids is 3. The monoisotopic (exact) mass is 1150 g/mol. The largest absolute Gasteiger partial charge is 0.780 e. The maximum absolute atomic E-state index is 14.0. The van der Waals surface area contributed by atoms with Crippen molar-refractivity contribution in [2.75, 3.05) is 104 Å². The van der Waals surface area contributed by atoms with E-state index in [4.69, 9.17) is 53.7 Å². The van der Waals surface area contributed by atoms with E-state index in [0.717, 1.165) is 41.6 Å². The molecule has 0 saturated carbocycles. The van der Waals surface area contributed by atoms with Crippen molar-refractivity contribution >= 4 is 52.9 Å². The predicted molar refractivity (Wildman–Crippen MR) is 306 cm³/mol. The number of phenols is 1. The zero-order chi connectivity index (χ0) is 57.2. The minimum atomic E-state index is -3.41. The first-order chi connectivity index (χ1) is 39.5. The Morgan fingerprint density at radius 2 is 1.44 bits per heavy atom. The first-order valence-corrected chi connectivity index (χ1v) is 29.6. The molecule has 0 bridgehead atoms. The molecule has 0 saturated heterocycles. The van der Waals surface area contributed by atoms with Crippen LogP contribution in [-0.2, 0) is 67.2 Å². The molecule has 0 fully saturated rings. The minimum Gasteiger partial charge on any atom is -0.780 e. The number of amides is 3. The zero-order valence-corrected chi connectivity index (χ0v) is 47.2. The fraction of sp³-hybridized carbons (Fsp3) is 0.414. The Bertz CT molecular complexity index is 3120. The Balaban J connectivity index is 0.734. The van der Waals surface area contributed by atoms with E-state index in [2.05, 4.69) is 27.5 Å². The molecule has 3 heterocycles. The SMILES string of the molecule is C=CCOc1c(O)ccc2c(=O)cc(-c3ccc(C(=O)NCCOCCOCCOCCOCCOCCn4nnc5c4-c4ccccc4N(C(=O)CCC(=O)NCCCCCCOP([O-])(=S)OCC)Cc4ccccc4-5)cc3)oc12. The third-order valence-electron chi connectivity index (χ3n) is 12.7. The third kappa shape index (κ3) is 18.7. The maximum atomic E-state index is 14.0. The third-order valence-corrected chi connectivity index (χ3v) is 14.4. The normalized spacial score (nSPS) is 12.6. The average Bonchev–Trinajstić information content (AvgIpc) is 4.10. The number of fused-ring (bicyclic) bond motifs is 6. The summed E-state index contributed by atoms with van der Waals surface area (Å²) in [7, 11) is 0. The first-order valence-electron chi connectivity index (χ1n) is 27.1. The fourth-order valence-corrected chi connectivity index (χ4v) is 9.97. The summed E-state index contributed by atoms with van der Waals surface area (Å²) in [5, 5.41) is 25.5. The second kappa shape index (κ2) is 32.7.